The monoisotopic (exact) mass is 1070 g/mol. The fraction of sp³-hybridized carbons (Fsp3) is 0.906. The summed E-state index contributed by atoms with van der Waals surface area (Å²) in [5.74, 6) is -0.0715. The van der Waals surface area contributed by atoms with Crippen molar-refractivity contribution in [3.8, 4) is 0 Å². The van der Waals surface area contributed by atoms with Crippen LogP contribution in [0, 0.1) is 38.9 Å². The lowest BCUT2D eigenvalue weighted by molar-refractivity contribution is -0.401. The first kappa shape index (κ1) is 56.4. The summed E-state index contributed by atoms with van der Waals surface area (Å²) in [6, 6.07) is 0. The summed E-state index contributed by atoms with van der Waals surface area (Å²) in [5.41, 5.74) is -2.80. The maximum absolute atomic E-state index is 13.9. The van der Waals surface area contributed by atoms with Crippen molar-refractivity contribution < 1.29 is 109 Å². The minimum Gasteiger partial charge on any atom is -0.455 e. The van der Waals surface area contributed by atoms with Gasteiger partial charge in [-0.15, -0.1) is 0 Å². The third-order valence-electron chi connectivity index (χ3n) is 21.2. The van der Waals surface area contributed by atoms with E-state index in [2.05, 4.69) is 46.8 Å². The van der Waals surface area contributed by atoms with Crippen LogP contribution in [0.4, 0.5) is 0 Å². The second-order valence-electron chi connectivity index (χ2n) is 25.4. The highest BCUT2D eigenvalue weighted by Crippen LogP contribution is 2.75. The van der Waals surface area contributed by atoms with E-state index in [0.29, 0.717) is 32.1 Å². The van der Waals surface area contributed by atoms with Crippen LogP contribution in [0.5, 0.6) is 0 Å². The molecule has 12 N–H and O–H groups in total. The highest BCUT2D eigenvalue weighted by Gasteiger charge is 2.74. The fourth-order valence-electron chi connectivity index (χ4n) is 16.2. The van der Waals surface area contributed by atoms with Crippen LogP contribution in [0.1, 0.15) is 107 Å². The maximum atomic E-state index is 13.9. The summed E-state index contributed by atoms with van der Waals surface area (Å²) in [5, 5.41) is 131. The average molecular weight is 1070 g/mol. The van der Waals surface area contributed by atoms with Crippen molar-refractivity contribution in [2.75, 3.05) is 19.8 Å². The zero-order valence-corrected chi connectivity index (χ0v) is 44.1. The smallest absolute Gasteiger partial charge is 0.317 e. The number of rotatable bonds is 10. The highest BCUT2D eigenvalue weighted by atomic mass is 16.8. The first-order valence-corrected chi connectivity index (χ1v) is 27.0. The normalized spacial score (nSPS) is 56.3. The van der Waals surface area contributed by atoms with Gasteiger partial charge >= 0.3 is 5.97 Å². The summed E-state index contributed by atoms with van der Waals surface area (Å²) < 4.78 is 55.6. The predicted molar refractivity (Wildman–Crippen MR) is 255 cm³/mol. The fourth-order valence-corrected chi connectivity index (χ4v) is 16.2. The van der Waals surface area contributed by atoms with Gasteiger partial charge in [-0.3, -0.25) is 4.79 Å². The predicted octanol–water partition coefficient (Wildman–Crippen LogP) is -1.32. The van der Waals surface area contributed by atoms with Crippen molar-refractivity contribution in [2.24, 2.45) is 38.9 Å². The molecule has 9 fully saturated rings. The Morgan fingerprint density at radius 3 is 1.85 bits per heavy atom. The Morgan fingerprint density at radius 2 is 1.20 bits per heavy atom. The van der Waals surface area contributed by atoms with Gasteiger partial charge in [-0.1, -0.05) is 46.8 Å². The van der Waals surface area contributed by atoms with E-state index in [4.69, 9.17) is 42.6 Å². The van der Waals surface area contributed by atoms with Crippen LogP contribution < -0.4 is 0 Å². The van der Waals surface area contributed by atoms with Crippen LogP contribution in [0.25, 0.3) is 0 Å². The Balaban J connectivity index is 0.949. The van der Waals surface area contributed by atoms with E-state index < -0.39 is 165 Å². The number of hydrogen-bond donors (Lipinski definition) is 12. The second-order valence-corrected chi connectivity index (χ2v) is 25.4. The first-order valence-electron chi connectivity index (χ1n) is 27.0. The molecule has 28 atom stereocenters. The molecule has 6 saturated heterocycles. The number of aliphatic hydroxyl groups excluding tert-OH is 11. The van der Waals surface area contributed by atoms with E-state index in [1.165, 1.54) is 6.92 Å². The van der Waals surface area contributed by atoms with E-state index >= 15 is 0 Å². The lowest BCUT2D eigenvalue weighted by Crippen LogP contribution is -2.71. The van der Waals surface area contributed by atoms with Crippen LogP contribution in [0.15, 0.2) is 23.3 Å². The van der Waals surface area contributed by atoms with E-state index in [1.807, 2.05) is 13.8 Å². The Hall–Kier alpha value is -1.85. The Morgan fingerprint density at radius 1 is 0.613 bits per heavy atom. The minimum absolute atomic E-state index is 0.0720. The van der Waals surface area contributed by atoms with Gasteiger partial charge in [0, 0.05) is 0 Å². The number of allylic oxidation sites excluding steroid dienone is 3. The topological polar surface area (TPSA) is 343 Å². The zero-order valence-electron chi connectivity index (χ0n) is 44.1. The largest absolute Gasteiger partial charge is 0.455 e. The molecular formula is C53H82O22. The lowest BCUT2D eigenvalue weighted by Gasteiger charge is -2.71. The van der Waals surface area contributed by atoms with Crippen LogP contribution in [-0.2, 0) is 47.4 Å². The number of aliphatic hydroxyl groups is 12. The molecule has 11 aliphatic rings. The van der Waals surface area contributed by atoms with Crippen LogP contribution in [0.2, 0.25) is 0 Å². The van der Waals surface area contributed by atoms with Gasteiger partial charge in [0.25, 0.3) is 0 Å². The van der Waals surface area contributed by atoms with Crippen molar-refractivity contribution in [2.45, 2.75) is 241 Å². The lowest BCUT2D eigenvalue weighted by atomic mass is 9.35. The molecule has 1 spiro atoms. The summed E-state index contributed by atoms with van der Waals surface area (Å²) >= 11 is 0. The molecule has 11 rings (SSSR count). The SMILES string of the molecule is C[C@@H]1O[C@H](O[C@@H]2[C@@H](O[C@@H]3CC[C@]4(C)[C@H](CC[C@]5(C)[C@H]4C=CC4=C6[C@]7(CC[C@@](C)(OC7=O)[C@]6(C)O)CC[C@@]45C)C3(C)C)OC[C@H](O)[C@@H]2O[C@@H]2O[C@@H](CO)[C@H](O)[C@@H](O)[C@@H]2O[C@H]2O[C@H](CO)[C@@H](O)[C@H](O)[C@H]2O)[C@H](O)[C@H](O)[C@H]1O. The molecule has 5 aliphatic carbocycles. The van der Waals surface area contributed by atoms with Gasteiger partial charge in [0.05, 0.1) is 37.4 Å². The number of fused-ring (bicyclic) bond motifs is 7. The van der Waals surface area contributed by atoms with Gasteiger partial charge in [-0.2, -0.15) is 0 Å². The van der Waals surface area contributed by atoms with Crippen LogP contribution in [-0.4, -0.2) is 221 Å². The molecule has 0 amide bonds. The number of carbonyl (C=O) groups excluding carboxylic acids is 1. The third kappa shape index (κ3) is 8.27. The molecular weight excluding hydrogens is 989 g/mol. The van der Waals surface area contributed by atoms with Gasteiger partial charge in [0.1, 0.15) is 96.7 Å². The molecule has 0 aromatic heterocycles. The van der Waals surface area contributed by atoms with Crippen molar-refractivity contribution in [1.82, 2.24) is 0 Å². The van der Waals surface area contributed by atoms with Crippen LogP contribution >= 0.6 is 0 Å². The van der Waals surface area contributed by atoms with Crippen molar-refractivity contribution in [3.63, 3.8) is 0 Å². The number of esters is 1. The van der Waals surface area contributed by atoms with E-state index in [1.54, 1.807) is 0 Å². The van der Waals surface area contributed by atoms with E-state index in [9.17, 15) is 66.1 Å². The number of carbonyl (C=O) groups is 1. The Bertz CT molecular complexity index is 2210. The molecule has 0 aromatic rings. The minimum atomic E-state index is -1.96. The molecule has 426 valence electrons. The molecule has 2 bridgehead atoms. The van der Waals surface area contributed by atoms with E-state index in [0.717, 1.165) is 30.4 Å². The van der Waals surface area contributed by atoms with Crippen molar-refractivity contribution in [3.05, 3.63) is 23.3 Å². The van der Waals surface area contributed by atoms with Crippen molar-refractivity contribution >= 4 is 5.97 Å². The molecule has 0 unspecified atom stereocenters. The molecule has 6 heterocycles. The summed E-state index contributed by atoms with van der Waals surface area (Å²) in [7, 11) is 0. The zero-order chi connectivity index (χ0) is 54.5. The Kier molecular flexibility index (Phi) is 14.6. The average Bonchev–Trinajstić information content (AvgIpc) is 3.36. The molecule has 0 radical (unpaired) electrons. The highest BCUT2D eigenvalue weighted by molar-refractivity contribution is 5.86. The second kappa shape index (κ2) is 19.4. The molecule has 0 aromatic carbocycles. The first-order chi connectivity index (χ1) is 35.1. The van der Waals surface area contributed by atoms with Crippen molar-refractivity contribution in [1.29, 1.82) is 0 Å². The quantitative estimate of drug-likeness (QED) is 0.0892. The summed E-state index contributed by atoms with van der Waals surface area (Å²) in [6.45, 7) is 14.4. The maximum Gasteiger partial charge on any atom is 0.317 e. The molecule has 22 heteroatoms. The van der Waals surface area contributed by atoms with E-state index in [-0.39, 0.29) is 34.1 Å². The standard InChI is InChI=1S/C53H82O22/c1-22-30(57)33(60)36(63)42(68-22)74-40-38(72-45-39(35(62)32(59)26(20-55)70-45)73-43-37(64)34(61)31(58)25(19-54)69-43)24(56)21-67-44(40)71-29-12-13-48(4)27(47(29,2)3)11-14-50(6)28(48)10-9-23-41-52(8,66)51(7)16-18-53(41,46(65)75-51)17-15-49(23,50)5/h9-10,22,24-40,42-45,54-64,66H,11-21H2,1-8H3/t22-,24-,25+,26-,27+,28-,29+,30-,31+,32-,33+,34-,35+,36+,37+,38-,39-,40-,42+,43+,44+,45-,48+,49-,50+,51+,52+,53+/m0/s1. The molecule has 22 nitrogen and oxygen atoms in total. The summed E-state index contributed by atoms with van der Waals surface area (Å²) in [4.78, 5) is 13.9. The van der Waals surface area contributed by atoms with Gasteiger partial charge in [-0.05, 0) is 117 Å². The Labute approximate surface area is 436 Å². The number of hydrogen-bond acceptors (Lipinski definition) is 22. The third-order valence-corrected chi connectivity index (χ3v) is 21.2. The van der Waals surface area contributed by atoms with Gasteiger partial charge in [-0.25, -0.2) is 0 Å². The van der Waals surface area contributed by atoms with Gasteiger partial charge < -0.3 is 104 Å². The van der Waals surface area contributed by atoms with Gasteiger partial charge in [0.2, 0.25) is 0 Å². The van der Waals surface area contributed by atoms with Gasteiger partial charge in [0.15, 0.2) is 25.2 Å². The summed E-state index contributed by atoms with van der Waals surface area (Å²) in [6.07, 6.45) is -22.3. The van der Waals surface area contributed by atoms with Crippen LogP contribution in [0.3, 0.4) is 0 Å². The molecule has 6 aliphatic heterocycles. The molecule has 75 heavy (non-hydrogen) atoms. The number of ether oxygens (including phenoxy) is 9. The molecule has 3 saturated carbocycles.